The number of rotatable bonds is 3. The van der Waals surface area contributed by atoms with E-state index in [1.54, 1.807) is 12.1 Å². The number of furan rings is 1. The van der Waals surface area contributed by atoms with Gasteiger partial charge in [0.05, 0.1) is 13.4 Å². The molecule has 0 bridgehead atoms. The normalized spacial score (nSPS) is 22.5. The van der Waals surface area contributed by atoms with Gasteiger partial charge in [-0.1, -0.05) is 18.2 Å². The second kappa shape index (κ2) is 7.75. The van der Waals surface area contributed by atoms with Crippen molar-refractivity contribution in [3.8, 4) is 0 Å². The van der Waals surface area contributed by atoms with Crippen LogP contribution in [0.5, 0.6) is 0 Å². The Morgan fingerprint density at radius 3 is 2.46 bits per heavy atom. The van der Waals surface area contributed by atoms with E-state index in [0.717, 1.165) is 13.1 Å². The Morgan fingerprint density at radius 1 is 1.11 bits per heavy atom. The molecule has 0 unspecified atom stereocenters. The Balaban J connectivity index is 1.53. The van der Waals surface area contributed by atoms with E-state index >= 15 is 0 Å². The number of carbonyl (C=O) groups is 2. The van der Waals surface area contributed by atoms with Gasteiger partial charge in [0.25, 0.3) is 0 Å². The zero-order valence-electron chi connectivity index (χ0n) is 15.6. The molecular formula is C20H22N4O4. The van der Waals surface area contributed by atoms with Gasteiger partial charge in [-0.05, 0) is 24.3 Å². The van der Waals surface area contributed by atoms with Crippen molar-refractivity contribution in [3.05, 3.63) is 54.5 Å². The lowest BCUT2D eigenvalue weighted by Crippen LogP contribution is -2.57. The quantitative estimate of drug-likeness (QED) is 0.638. The molecule has 8 heteroatoms. The lowest BCUT2D eigenvalue weighted by molar-refractivity contribution is -0.151. The molecule has 2 aliphatic rings. The van der Waals surface area contributed by atoms with E-state index in [4.69, 9.17) is 9.15 Å². The molecule has 0 spiro atoms. The molecule has 1 N–H and O–H groups in total. The molecule has 0 aliphatic carbocycles. The van der Waals surface area contributed by atoms with Crippen LogP contribution >= 0.6 is 0 Å². The van der Waals surface area contributed by atoms with Crippen LogP contribution in [-0.4, -0.2) is 56.0 Å². The standard InChI is InChI=1S/C20H22N4O4/c1-27-19(26)16-17(15-8-5-13-28-15)21-20(22-18(16)25)24-11-9-23(10-12-24)14-6-3-2-4-7-14/h2-8,13,16-17H,9-12H2,1H3,(H,21,22,25)/t16-,17-/m0/s1. The fourth-order valence-electron chi connectivity index (χ4n) is 3.60. The molecule has 1 amide bonds. The van der Waals surface area contributed by atoms with E-state index in [9.17, 15) is 9.59 Å². The van der Waals surface area contributed by atoms with Gasteiger partial charge in [0.2, 0.25) is 11.9 Å². The van der Waals surface area contributed by atoms with Gasteiger partial charge in [0, 0.05) is 31.9 Å². The number of nitrogens with zero attached hydrogens (tertiary/aromatic N) is 3. The number of piperazine rings is 1. The van der Waals surface area contributed by atoms with E-state index in [-0.39, 0.29) is 0 Å². The van der Waals surface area contributed by atoms with Crippen LogP contribution in [-0.2, 0) is 14.3 Å². The monoisotopic (exact) mass is 382 g/mol. The van der Waals surface area contributed by atoms with Crippen molar-refractivity contribution >= 4 is 23.5 Å². The van der Waals surface area contributed by atoms with E-state index < -0.39 is 23.8 Å². The van der Waals surface area contributed by atoms with Gasteiger partial charge >= 0.3 is 5.97 Å². The number of amides is 1. The van der Waals surface area contributed by atoms with Crippen molar-refractivity contribution in [1.82, 2.24) is 10.2 Å². The molecule has 1 aromatic heterocycles. The minimum absolute atomic E-state index is 0.427. The number of carbonyl (C=O) groups excluding carboxylic acids is 2. The molecule has 0 saturated carbocycles. The van der Waals surface area contributed by atoms with Gasteiger partial charge in [0.15, 0.2) is 5.92 Å². The zero-order chi connectivity index (χ0) is 19.5. The number of ether oxygens (including phenoxy) is 1. The van der Waals surface area contributed by atoms with E-state index in [1.165, 1.54) is 19.1 Å². The first-order chi connectivity index (χ1) is 13.7. The van der Waals surface area contributed by atoms with Crippen LogP contribution in [0.4, 0.5) is 5.69 Å². The van der Waals surface area contributed by atoms with Crippen molar-refractivity contribution in [2.75, 3.05) is 38.2 Å². The van der Waals surface area contributed by atoms with Crippen molar-refractivity contribution in [3.63, 3.8) is 0 Å². The van der Waals surface area contributed by atoms with Crippen LogP contribution in [0, 0.1) is 5.92 Å². The molecule has 146 valence electrons. The van der Waals surface area contributed by atoms with E-state index in [1.807, 2.05) is 23.1 Å². The summed E-state index contributed by atoms with van der Waals surface area (Å²) in [6, 6.07) is 12.9. The van der Waals surface area contributed by atoms with Gasteiger partial charge in [-0.2, -0.15) is 0 Å². The maximum Gasteiger partial charge on any atom is 0.320 e. The van der Waals surface area contributed by atoms with Gasteiger partial charge in [-0.15, -0.1) is 0 Å². The third kappa shape index (κ3) is 3.45. The first-order valence-electron chi connectivity index (χ1n) is 9.22. The highest BCUT2D eigenvalue weighted by Gasteiger charge is 2.43. The van der Waals surface area contributed by atoms with E-state index in [0.29, 0.717) is 24.8 Å². The van der Waals surface area contributed by atoms with Gasteiger partial charge in [-0.25, -0.2) is 4.99 Å². The number of guanidine groups is 1. The smallest absolute Gasteiger partial charge is 0.320 e. The summed E-state index contributed by atoms with van der Waals surface area (Å²) < 4.78 is 10.2. The first kappa shape index (κ1) is 18.1. The number of esters is 1. The number of nitrogens with one attached hydrogen (secondary N) is 1. The molecule has 4 rings (SSSR count). The second-order valence-corrected chi connectivity index (χ2v) is 6.71. The molecule has 1 saturated heterocycles. The minimum Gasteiger partial charge on any atom is -0.468 e. The van der Waals surface area contributed by atoms with E-state index in [2.05, 4.69) is 27.3 Å². The summed E-state index contributed by atoms with van der Waals surface area (Å²) in [6.45, 7) is 3.04. The fraction of sp³-hybridized carbons (Fsp3) is 0.350. The van der Waals surface area contributed by atoms with Crippen LogP contribution < -0.4 is 10.2 Å². The Labute approximate surface area is 162 Å². The second-order valence-electron chi connectivity index (χ2n) is 6.71. The van der Waals surface area contributed by atoms with Crippen LogP contribution in [0.15, 0.2) is 58.1 Å². The number of benzene rings is 1. The number of anilines is 1. The van der Waals surface area contributed by atoms with Gasteiger partial charge in [0.1, 0.15) is 11.8 Å². The molecular weight excluding hydrogens is 360 g/mol. The van der Waals surface area contributed by atoms with Gasteiger partial charge in [-0.3, -0.25) is 14.9 Å². The molecule has 1 aromatic carbocycles. The predicted molar refractivity (Wildman–Crippen MR) is 103 cm³/mol. The Kier molecular flexibility index (Phi) is 5.01. The van der Waals surface area contributed by atoms with Crippen molar-refractivity contribution in [1.29, 1.82) is 0 Å². The zero-order valence-corrected chi connectivity index (χ0v) is 15.6. The number of methoxy groups -OCH3 is 1. The SMILES string of the molecule is COC(=O)[C@@H]1C(=O)NC(N2CCN(c3ccccc3)CC2)=N[C@H]1c1ccco1. The van der Waals surface area contributed by atoms with Crippen molar-refractivity contribution < 1.29 is 18.7 Å². The largest absolute Gasteiger partial charge is 0.468 e. The number of hydrogen-bond acceptors (Lipinski definition) is 7. The highest BCUT2D eigenvalue weighted by molar-refractivity contribution is 6.08. The summed E-state index contributed by atoms with van der Waals surface area (Å²) in [6.07, 6.45) is 1.50. The lowest BCUT2D eigenvalue weighted by atomic mass is 9.95. The number of aliphatic imine (C=N–C) groups is 1. The van der Waals surface area contributed by atoms with Crippen molar-refractivity contribution in [2.24, 2.45) is 10.9 Å². The summed E-state index contributed by atoms with van der Waals surface area (Å²) in [7, 11) is 1.26. The maximum atomic E-state index is 12.7. The third-order valence-corrected chi connectivity index (χ3v) is 5.08. The average molecular weight is 382 g/mol. The molecule has 0 radical (unpaired) electrons. The highest BCUT2D eigenvalue weighted by atomic mass is 16.5. The Morgan fingerprint density at radius 2 is 1.82 bits per heavy atom. The highest BCUT2D eigenvalue weighted by Crippen LogP contribution is 2.31. The fourth-order valence-corrected chi connectivity index (χ4v) is 3.60. The molecule has 2 atom stereocenters. The first-order valence-corrected chi connectivity index (χ1v) is 9.22. The molecule has 2 aromatic rings. The summed E-state index contributed by atoms with van der Waals surface area (Å²) in [5.41, 5.74) is 1.18. The predicted octanol–water partition coefficient (Wildman–Crippen LogP) is 1.42. The topological polar surface area (TPSA) is 87.4 Å². The molecule has 2 aliphatic heterocycles. The van der Waals surface area contributed by atoms with Crippen LogP contribution in [0.2, 0.25) is 0 Å². The van der Waals surface area contributed by atoms with Crippen molar-refractivity contribution in [2.45, 2.75) is 6.04 Å². The summed E-state index contributed by atoms with van der Waals surface area (Å²) in [5, 5.41) is 2.77. The average Bonchev–Trinajstić information content (AvgIpc) is 3.28. The lowest BCUT2D eigenvalue weighted by Gasteiger charge is -2.39. The maximum absolute atomic E-state index is 12.7. The summed E-state index contributed by atoms with van der Waals surface area (Å²) in [5.74, 6) is -1.19. The molecule has 3 heterocycles. The van der Waals surface area contributed by atoms with Crippen LogP contribution in [0.3, 0.4) is 0 Å². The molecule has 1 fully saturated rings. The Bertz CT molecular complexity index is 858. The minimum atomic E-state index is -1.06. The summed E-state index contributed by atoms with van der Waals surface area (Å²) in [4.78, 5) is 33.8. The number of hydrogen-bond donors (Lipinski definition) is 1. The third-order valence-electron chi connectivity index (χ3n) is 5.08. The Hall–Kier alpha value is -3.29. The van der Waals surface area contributed by atoms with Gasteiger partial charge < -0.3 is 19.0 Å². The molecule has 28 heavy (non-hydrogen) atoms. The van der Waals surface area contributed by atoms with Crippen LogP contribution in [0.1, 0.15) is 11.8 Å². The summed E-state index contributed by atoms with van der Waals surface area (Å²) >= 11 is 0. The molecule has 8 nitrogen and oxygen atoms in total. The van der Waals surface area contributed by atoms with Crippen LogP contribution in [0.25, 0.3) is 0 Å². The number of para-hydroxylation sites is 1.